The maximum absolute atomic E-state index is 12.7. The fourth-order valence-electron chi connectivity index (χ4n) is 2.91. The zero-order valence-electron chi connectivity index (χ0n) is 15.5. The van der Waals surface area contributed by atoms with Crippen LogP contribution in [-0.4, -0.2) is 28.6 Å². The number of hydrazine groups is 1. The average Bonchev–Trinajstić information content (AvgIpc) is 2.57. The van der Waals surface area contributed by atoms with Crippen molar-refractivity contribution in [2.24, 2.45) is 11.8 Å². The third kappa shape index (κ3) is 6.11. The van der Waals surface area contributed by atoms with Crippen LogP contribution in [-0.2, 0) is 9.53 Å². The Morgan fingerprint density at radius 3 is 2.33 bits per heavy atom. The van der Waals surface area contributed by atoms with Gasteiger partial charge in [-0.1, -0.05) is 0 Å². The maximum atomic E-state index is 12.7. The molecule has 0 saturated heterocycles. The first-order valence-corrected chi connectivity index (χ1v) is 8.78. The van der Waals surface area contributed by atoms with E-state index < -0.39 is 35.5 Å². The van der Waals surface area contributed by atoms with Gasteiger partial charge in [-0.3, -0.25) is 15.6 Å². The van der Waals surface area contributed by atoms with Gasteiger partial charge < -0.3 is 4.74 Å². The molecule has 1 heterocycles. The Morgan fingerprint density at radius 1 is 1.15 bits per heavy atom. The lowest BCUT2D eigenvalue weighted by Gasteiger charge is -2.29. The second-order valence-electron chi connectivity index (χ2n) is 7.61. The van der Waals surface area contributed by atoms with Gasteiger partial charge in [0.25, 0.3) is 0 Å². The molecule has 1 fully saturated rings. The molecular weight excluding hydrogens is 363 g/mol. The number of nitrogens with zero attached hydrogens (tertiary/aromatic N) is 1. The van der Waals surface area contributed by atoms with E-state index in [2.05, 4.69) is 15.8 Å². The number of nitrogens with one attached hydrogen (secondary N) is 2. The summed E-state index contributed by atoms with van der Waals surface area (Å²) in [6.07, 6.45) is -2.56. The number of hydrogen-bond acceptors (Lipinski definition) is 5. The number of esters is 1. The molecule has 0 unspecified atom stereocenters. The number of carbonyl (C=O) groups excluding carboxylic acids is 2. The molecule has 0 aliphatic heterocycles. The van der Waals surface area contributed by atoms with E-state index in [0.29, 0.717) is 0 Å². The normalized spacial score (nSPS) is 20.7. The first-order chi connectivity index (χ1) is 12.5. The summed E-state index contributed by atoms with van der Waals surface area (Å²) in [6.45, 7) is 5.19. The second kappa shape index (κ2) is 8.14. The van der Waals surface area contributed by atoms with Crippen LogP contribution in [0.1, 0.15) is 56.8 Å². The third-order valence-corrected chi connectivity index (χ3v) is 4.29. The summed E-state index contributed by atoms with van der Waals surface area (Å²) in [6, 6.07) is 3.06. The average molecular weight is 387 g/mol. The number of aromatic nitrogens is 1. The number of hydrogen-bond donors (Lipinski definition) is 2. The molecule has 1 aliphatic carbocycles. The van der Waals surface area contributed by atoms with Crippen LogP contribution >= 0.6 is 0 Å². The maximum Gasteiger partial charge on any atom is 0.391 e. The lowest BCUT2D eigenvalue weighted by molar-refractivity contribution is -0.184. The van der Waals surface area contributed by atoms with Gasteiger partial charge in [0.1, 0.15) is 11.2 Å². The summed E-state index contributed by atoms with van der Waals surface area (Å²) in [7, 11) is 0. The minimum atomic E-state index is -4.21. The zero-order valence-corrected chi connectivity index (χ0v) is 15.5. The van der Waals surface area contributed by atoms with Crippen molar-refractivity contribution < 1.29 is 27.5 Å². The third-order valence-electron chi connectivity index (χ3n) is 4.29. The first kappa shape index (κ1) is 21.0. The minimum Gasteiger partial charge on any atom is -0.456 e. The number of ether oxygens (including phenoxy) is 1. The Labute approximate surface area is 155 Å². The molecule has 9 heteroatoms. The molecule has 2 rings (SSSR count). The molecule has 150 valence electrons. The van der Waals surface area contributed by atoms with E-state index in [4.69, 9.17) is 4.74 Å². The van der Waals surface area contributed by atoms with Gasteiger partial charge in [-0.25, -0.2) is 9.78 Å². The Bertz CT molecular complexity index is 678. The predicted octanol–water partition coefficient (Wildman–Crippen LogP) is 3.85. The summed E-state index contributed by atoms with van der Waals surface area (Å²) in [5.41, 5.74) is 4.48. The highest BCUT2D eigenvalue weighted by molar-refractivity contribution is 5.95. The van der Waals surface area contributed by atoms with E-state index in [1.165, 1.54) is 12.3 Å². The minimum absolute atomic E-state index is 0.0612. The van der Waals surface area contributed by atoms with Crippen molar-refractivity contribution in [3.8, 4) is 0 Å². The summed E-state index contributed by atoms with van der Waals surface area (Å²) in [5.74, 6) is -2.76. The number of pyridine rings is 1. The van der Waals surface area contributed by atoms with Crippen molar-refractivity contribution in [3.05, 3.63) is 23.9 Å². The van der Waals surface area contributed by atoms with Crippen molar-refractivity contribution in [3.63, 3.8) is 0 Å². The van der Waals surface area contributed by atoms with Crippen LogP contribution in [0.15, 0.2) is 18.3 Å². The van der Waals surface area contributed by atoms with E-state index in [1.807, 2.05) is 0 Å². The van der Waals surface area contributed by atoms with Gasteiger partial charge in [-0.2, -0.15) is 13.2 Å². The number of anilines is 1. The zero-order chi connectivity index (χ0) is 20.2. The highest BCUT2D eigenvalue weighted by Crippen LogP contribution is 2.39. The topological polar surface area (TPSA) is 80.3 Å². The SMILES string of the molecule is CC(C)(C)OC(=O)c1cccnc1NNC(=O)[C@H]1CC[C@H](C(F)(F)F)CC1. The molecule has 6 nitrogen and oxygen atoms in total. The molecule has 1 saturated carbocycles. The summed E-state index contributed by atoms with van der Waals surface area (Å²) < 4.78 is 43.4. The lowest BCUT2D eigenvalue weighted by atomic mass is 9.81. The van der Waals surface area contributed by atoms with Crippen LogP contribution in [0, 0.1) is 11.8 Å². The predicted molar refractivity (Wildman–Crippen MR) is 92.7 cm³/mol. The number of rotatable bonds is 4. The molecule has 27 heavy (non-hydrogen) atoms. The van der Waals surface area contributed by atoms with Gasteiger partial charge in [0.2, 0.25) is 5.91 Å². The Morgan fingerprint density at radius 2 is 1.78 bits per heavy atom. The number of alkyl halides is 3. The molecule has 0 radical (unpaired) electrons. The second-order valence-corrected chi connectivity index (χ2v) is 7.61. The van der Waals surface area contributed by atoms with Crippen LogP contribution in [0.3, 0.4) is 0 Å². The van der Waals surface area contributed by atoms with E-state index in [0.717, 1.165) is 0 Å². The molecule has 1 aromatic heterocycles. The van der Waals surface area contributed by atoms with Gasteiger partial charge in [-0.05, 0) is 58.6 Å². The van der Waals surface area contributed by atoms with Crippen molar-refractivity contribution in [1.29, 1.82) is 0 Å². The van der Waals surface area contributed by atoms with Crippen molar-refractivity contribution in [2.45, 2.75) is 58.2 Å². The number of halogens is 3. The summed E-state index contributed by atoms with van der Waals surface area (Å²) in [4.78, 5) is 28.5. The van der Waals surface area contributed by atoms with Crippen molar-refractivity contribution in [2.75, 3.05) is 5.43 Å². The molecule has 0 spiro atoms. The Hall–Kier alpha value is -2.32. The fraction of sp³-hybridized carbons (Fsp3) is 0.611. The van der Waals surface area contributed by atoms with E-state index >= 15 is 0 Å². The van der Waals surface area contributed by atoms with E-state index in [1.54, 1.807) is 26.8 Å². The van der Waals surface area contributed by atoms with Gasteiger partial charge >= 0.3 is 12.1 Å². The monoisotopic (exact) mass is 387 g/mol. The molecule has 1 aromatic rings. The lowest BCUT2D eigenvalue weighted by Crippen LogP contribution is -2.39. The van der Waals surface area contributed by atoms with Crippen molar-refractivity contribution >= 4 is 17.7 Å². The van der Waals surface area contributed by atoms with Gasteiger partial charge in [0.15, 0.2) is 5.82 Å². The number of carbonyl (C=O) groups is 2. The van der Waals surface area contributed by atoms with Gasteiger partial charge in [0.05, 0.1) is 5.92 Å². The smallest absolute Gasteiger partial charge is 0.391 e. The Balaban J connectivity index is 1.94. The fourth-order valence-corrected chi connectivity index (χ4v) is 2.91. The van der Waals surface area contributed by atoms with Crippen molar-refractivity contribution in [1.82, 2.24) is 10.4 Å². The molecule has 0 bridgehead atoms. The molecule has 0 atom stereocenters. The van der Waals surface area contributed by atoms with Crippen LogP contribution in [0.2, 0.25) is 0 Å². The molecular formula is C18H24F3N3O3. The summed E-state index contributed by atoms with van der Waals surface area (Å²) >= 11 is 0. The van der Waals surface area contributed by atoms with Crippen LogP contribution < -0.4 is 10.9 Å². The van der Waals surface area contributed by atoms with Crippen LogP contribution in [0.5, 0.6) is 0 Å². The highest BCUT2D eigenvalue weighted by atomic mass is 19.4. The van der Waals surface area contributed by atoms with Gasteiger partial charge in [-0.15, -0.1) is 0 Å². The summed E-state index contributed by atoms with van der Waals surface area (Å²) in [5, 5.41) is 0. The highest BCUT2D eigenvalue weighted by Gasteiger charge is 2.42. The standard InChI is InChI=1S/C18H24F3N3O3/c1-17(2,3)27-16(26)13-5-4-10-22-14(13)23-24-15(25)11-6-8-12(9-7-11)18(19,20)21/h4-5,10-12H,6-9H2,1-3H3,(H,22,23)(H,24,25)/t11-,12-. The van der Waals surface area contributed by atoms with Gasteiger partial charge in [0, 0.05) is 12.1 Å². The van der Waals surface area contributed by atoms with E-state index in [-0.39, 0.29) is 37.1 Å². The first-order valence-electron chi connectivity index (χ1n) is 8.78. The Kier molecular flexibility index (Phi) is 6.33. The number of amides is 1. The van der Waals surface area contributed by atoms with Crippen LogP contribution in [0.25, 0.3) is 0 Å². The van der Waals surface area contributed by atoms with Crippen LogP contribution in [0.4, 0.5) is 19.0 Å². The molecule has 0 aromatic carbocycles. The molecule has 1 aliphatic rings. The quantitative estimate of drug-likeness (QED) is 0.606. The molecule has 2 N–H and O–H groups in total. The largest absolute Gasteiger partial charge is 0.456 e. The molecule has 1 amide bonds. The van der Waals surface area contributed by atoms with E-state index in [9.17, 15) is 22.8 Å².